The molecule has 1 amide bonds. The monoisotopic (exact) mass is 306 g/mol. The van der Waals surface area contributed by atoms with Gasteiger partial charge in [0, 0.05) is 19.1 Å². The van der Waals surface area contributed by atoms with Crippen LogP contribution in [0.25, 0.3) is 0 Å². The first-order valence-electron chi connectivity index (χ1n) is 7.18. The molecule has 1 fully saturated rings. The van der Waals surface area contributed by atoms with Gasteiger partial charge in [0.15, 0.2) is 0 Å². The fourth-order valence-electron chi connectivity index (χ4n) is 2.55. The highest BCUT2D eigenvalue weighted by molar-refractivity contribution is 7.14. The minimum absolute atomic E-state index is 0.103. The zero-order chi connectivity index (χ0) is 15.4. The van der Waals surface area contributed by atoms with Crippen LogP contribution in [-0.2, 0) is 0 Å². The predicted octanol–water partition coefficient (Wildman–Crippen LogP) is 1.57. The Hall–Kier alpha value is -1.35. The summed E-state index contributed by atoms with van der Waals surface area (Å²) in [4.78, 5) is 18.4. The standard InChI is InChI=1S/C16H22N2O2S/c1-12-10-15(21-14(12)7-5-9-19)16(20)18-8-4-6-13(11-18)17(2)3/h10,13,19H,4,6,8-9,11H2,1-3H3. The summed E-state index contributed by atoms with van der Waals surface area (Å²) in [6, 6.07) is 2.35. The van der Waals surface area contributed by atoms with Gasteiger partial charge in [0.05, 0.1) is 9.75 Å². The van der Waals surface area contributed by atoms with Gasteiger partial charge in [0.1, 0.15) is 6.61 Å². The van der Waals surface area contributed by atoms with Gasteiger partial charge in [-0.05, 0) is 45.5 Å². The quantitative estimate of drug-likeness (QED) is 0.844. The summed E-state index contributed by atoms with van der Waals surface area (Å²) < 4.78 is 0. The lowest BCUT2D eigenvalue weighted by Crippen LogP contribution is -2.47. The molecule has 1 aliphatic rings. The van der Waals surface area contributed by atoms with Crippen LogP contribution < -0.4 is 0 Å². The Kier molecular flexibility index (Phi) is 5.40. The summed E-state index contributed by atoms with van der Waals surface area (Å²) in [5.74, 6) is 5.65. The number of carbonyl (C=O) groups is 1. The number of aryl methyl sites for hydroxylation is 1. The molecular formula is C16H22N2O2S. The molecule has 0 saturated carbocycles. The first-order valence-corrected chi connectivity index (χ1v) is 8.00. The number of aliphatic hydroxyl groups is 1. The number of likely N-dealkylation sites (tertiary alicyclic amines) is 1. The summed E-state index contributed by atoms with van der Waals surface area (Å²) in [5.41, 5.74) is 1.01. The van der Waals surface area contributed by atoms with Crippen molar-refractivity contribution in [1.29, 1.82) is 0 Å². The van der Waals surface area contributed by atoms with E-state index in [0.29, 0.717) is 6.04 Å². The number of hydrogen-bond acceptors (Lipinski definition) is 4. The first kappa shape index (κ1) is 16.0. The second kappa shape index (κ2) is 7.08. The van der Waals surface area contributed by atoms with Crippen LogP contribution in [0, 0.1) is 18.8 Å². The highest BCUT2D eigenvalue weighted by Gasteiger charge is 2.26. The molecule has 0 aromatic carbocycles. The van der Waals surface area contributed by atoms with Crippen molar-refractivity contribution < 1.29 is 9.90 Å². The zero-order valence-corrected chi connectivity index (χ0v) is 13.7. The average Bonchev–Trinajstić information content (AvgIpc) is 2.85. The van der Waals surface area contributed by atoms with Crippen LogP contribution in [0.4, 0.5) is 0 Å². The van der Waals surface area contributed by atoms with E-state index in [-0.39, 0.29) is 12.5 Å². The summed E-state index contributed by atoms with van der Waals surface area (Å²) in [6.07, 6.45) is 2.20. The van der Waals surface area contributed by atoms with E-state index in [4.69, 9.17) is 5.11 Å². The average molecular weight is 306 g/mol. The molecule has 1 atom stereocenters. The number of thiophene rings is 1. The van der Waals surface area contributed by atoms with Crippen molar-refractivity contribution in [3.63, 3.8) is 0 Å². The number of amides is 1. The number of likely N-dealkylation sites (N-methyl/N-ethyl adjacent to an activating group) is 1. The van der Waals surface area contributed by atoms with Crippen molar-refractivity contribution in [3.8, 4) is 11.8 Å². The number of piperidine rings is 1. The maximum absolute atomic E-state index is 12.6. The third-order valence-corrected chi connectivity index (χ3v) is 4.96. The molecule has 0 spiro atoms. The lowest BCUT2D eigenvalue weighted by molar-refractivity contribution is 0.0640. The highest BCUT2D eigenvalue weighted by Crippen LogP contribution is 2.24. The SMILES string of the molecule is Cc1cc(C(=O)N2CCCC(N(C)C)C2)sc1C#CCO. The summed E-state index contributed by atoms with van der Waals surface area (Å²) in [6.45, 7) is 3.42. The third kappa shape index (κ3) is 3.85. The molecule has 1 N–H and O–H groups in total. The molecule has 0 aliphatic carbocycles. The highest BCUT2D eigenvalue weighted by atomic mass is 32.1. The van der Waals surface area contributed by atoms with Gasteiger partial charge >= 0.3 is 0 Å². The Morgan fingerprint density at radius 2 is 2.33 bits per heavy atom. The van der Waals surface area contributed by atoms with Gasteiger partial charge in [0.25, 0.3) is 5.91 Å². The molecule has 0 bridgehead atoms. The number of carbonyl (C=O) groups excluding carboxylic acids is 1. The summed E-state index contributed by atoms with van der Waals surface area (Å²) in [5, 5.41) is 8.77. The molecule has 1 saturated heterocycles. The topological polar surface area (TPSA) is 43.8 Å². The predicted molar refractivity (Wildman–Crippen MR) is 85.6 cm³/mol. The number of nitrogens with zero attached hydrogens (tertiary/aromatic N) is 2. The van der Waals surface area contributed by atoms with Gasteiger partial charge in [-0.15, -0.1) is 11.3 Å². The molecule has 0 radical (unpaired) electrons. The van der Waals surface area contributed by atoms with E-state index in [2.05, 4.69) is 30.8 Å². The van der Waals surface area contributed by atoms with Crippen molar-refractivity contribution in [2.24, 2.45) is 0 Å². The maximum atomic E-state index is 12.6. The Balaban J connectivity index is 2.12. The van der Waals surface area contributed by atoms with Crippen LogP contribution in [0.1, 0.15) is 33.0 Å². The molecule has 1 aliphatic heterocycles. The maximum Gasteiger partial charge on any atom is 0.264 e. The Morgan fingerprint density at radius 1 is 1.57 bits per heavy atom. The molecule has 2 rings (SSSR count). The minimum atomic E-state index is -0.155. The van der Waals surface area contributed by atoms with E-state index in [1.807, 2.05) is 17.9 Å². The van der Waals surface area contributed by atoms with E-state index in [1.54, 1.807) is 0 Å². The van der Waals surface area contributed by atoms with Gasteiger partial charge in [-0.1, -0.05) is 11.8 Å². The van der Waals surface area contributed by atoms with Crippen LogP contribution in [-0.4, -0.2) is 60.6 Å². The lowest BCUT2D eigenvalue weighted by Gasteiger charge is -2.35. The van der Waals surface area contributed by atoms with E-state index in [1.165, 1.54) is 11.3 Å². The molecule has 1 unspecified atom stereocenters. The van der Waals surface area contributed by atoms with Gasteiger partial charge < -0.3 is 14.9 Å². The number of rotatable bonds is 2. The largest absolute Gasteiger partial charge is 0.384 e. The molecule has 114 valence electrons. The number of aliphatic hydroxyl groups excluding tert-OH is 1. The van der Waals surface area contributed by atoms with Crippen molar-refractivity contribution >= 4 is 17.2 Å². The smallest absolute Gasteiger partial charge is 0.264 e. The molecule has 1 aromatic heterocycles. The molecule has 1 aromatic rings. The van der Waals surface area contributed by atoms with Gasteiger partial charge in [0.2, 0.25) is 0 Å². The third-order valence-electron chi connectivity index (χ3n) is 3.82. The molecule has 21 heavy (non-hydrogen) atoms. The number of hydrogen-bond donors (Lipinski definition) is 1. The zero-order valence-electron chi connectivity index (χ0n) is 12.8. The lowest BCUT2D eigenvalue weighted by atomic mass is 10.0. The second-order valence-corrected chi connectivity index (χ2v) is 6.65. The van der Waals surface area contributed by atoms with Crippen LogP contribution in [0.3, 0.4) is 0 Å². The Bertz CT molecular complexity index is 569. The van der Waals surface area contributed by atoms with E-state index >= 15 is 0 Å². The minimum Gasteiger partial charge on any atom is -0.384 e. The van der Waals surface area contributed by atoms with Crippen LogP contribution in [0.15, 0.2) is 6.07 Å². The van der Waals surface area contributed by atoms with Gasteiger partial charge in [-0.25, -0.2) is 0 Å². The van der Waals surface area contributed by atoms with E-state index in [9.17, 15) is 4.79 Å². The fraction of sp³-hybridized carbons (Fsp3) is 0.562. The van der Waals surface area contributed by atoms with Crippen molar-refractivity contribution in [2.45, 2.75) is 25.8 Å². The summed E-state index contributed by atoms with van der Waals surface area (Å²) >= 11 is 1.42. The fourth-order valence-corrected chi connectivity index (χ4v) is 3.56. The van der Waals surface area contributed by atoms with Crippen molar-refractivity contribution in [3.05, 3.63) is 21.4 Å². The summed E-state index contributed by atoms with van der Waals surface area (Å²) in [7, 11) is 4.13. The van der Waals surface area contributed by atoms with Crippen LogP contribution in [0.5, 0.6) is 0 Å². The van der Waals surface area contributed by atoms with Crippen LogP contribution >= 0.6 is 11.3 Å². The van der Waals surface area contributed by atoms with Crippen molar-refractivity contribution in [1.82, 2.24) is 9.80 Å². The van der Waals surface area contributed by atoms with E-state index in [0.717, 1.165) is 41.2 Å². The second-order valence-electron chi connectivity index (χ2n) is 5.59. The van der Waals surface area contributed by atoms with Crippen molar-refractivity contribution in [2.75, 3.05) is 33.8 Å². The van der Waals surface area contributed by atoms with E-state index < -0.39 is 0 Å². The molecule has 5 heteroatoms. The van der Waals surface area contributed by atoms with Crippen LogP contribution in [0.2, 0.25) is 0 Å². The normalized spacial score (nSPS) is 18.5. The first-order chi connectivity index (χ1) is 10.0. The molecule has 2 heterocycles. The Morgan fingerprint density at radius 3 is 3.00 bits per heavy atom. The Labute approximate surface area is 130 Å². The van der Waals surface area contributed by atoms with Gasteiger partial charge in [-0.3, -0.25) is 4.79 Å². The molecular weight excluding hydrogens is 284 g/mol. The van der Waals surface area contributed by atoms with Gasteiger partial charge in [-0.2, -0.15) is 0 Å². The molecule has 4 nitrogen and oxygen atoms in total.